The molecule has 0 N–H and O–H groups in total. The van der Waals surface area contributed by atoms with Crippen molar-refractivity contribution in [2.75, 3.05) is 27.3 Å². The molecule has 6 heteroatoms. The van der Waals surface area contributed by atoms with Gasteiger partial charge in [0.1, 0.15) is 11.5 Å². The van der Waals surface area contributed by atoms with Gasteiger partial charge >= 0.3 is 0 Å². The van der Waals surface area contributed by atoms with Gasteiger partial charge in [0.25, 0.3) is 0 Å². The average Bonchev–Trinajstić information content (AvgIpc) is 3.14. The van der Waals surface area contributed by atoms with E-state index in [1.807, 2.05) is 61.6 Å². The van der Waals surface area contributed by atoms with Gasteiger partial charge in [-0.1, -0.05) is 23.4 Å². The molecule has 0 radical (unpaired) electrons. The zero-order valence-corrected chi connectivity index (χ0v) is 15.1. The quantitative estimate of drug-likeness (QED) is 0.547. The molecule has 3 rings (SSSR count). The Balaban J connectivity index is 1.44. The van der Waals surface area contributed by atoms with Crippen LogP contribution in [-0.4, -0.2) is 42.3 Å². The number of hydrogen-bond acceptors (Lipinski definition) is 6. The maximum atomic E-state index is 5.70. The maximum Gasteiger partial charge on any atom is 0.241 e. The van der Waals surface area contributed by atoms with E-state index in [0.29, 0.717) is 24.9 Å². The molecule has 0 aliphatic rings. The molecule has 2 aromatic carbocycles. The first-order valence-electron chi connectivity index (χ1n) is 8.58. The molecule has 0 bridgehead atoms. The van der Waals surface area contributed by atoms with E-state index >= 15 is 0 Å². The summed E-state index contributed by atoms with van der Waals surface area (Å²) in [7, 11) is 3.67. The molecule has 26 heavy (non-hydrogen) atoms. The fourth-order valence-corrected chi connectivity index (χ4v) is 2.53. The van der Waals surface area contributed by atoms with E-state index in [0.717, 1.165) is 30.0 Å². The highest BCUT2D eigenvalue weighted by Gasteiger charge is 2.11. The molecule has 0 unspecified atom stereocenters. The van der Waals surface area contributed by atoms with Crippen LogP contribution in [0.2, 0.25) is 0 Å². The van der Waals surface area contributed by atoms with Gasteiger partial charge in [-0.2, -0.15) is 4.98 Å². The Bertz CT molecular complexity index is 788. The Kier molecular flexibility index (Phi) is 6.22. The number of hydrogen-bond donors (Lipinski definition) is 0. The van der Waals surface area contributed by atoms with E-state index in [1.54, 1.807) is 7.11 Å². The molecule has 0 saturated heterocycles. The molecule has 0 atom stereocenters. The van der Waals surface area contributed by atoms with Gasteiger partial charge in [-0.25, -0.2) is 0 Å². The highest BCUT2D eigenvalue weighted by Crippen LogP contribution is 2.20. The summed E-state index contributed by atoms with van der Waals surface area (Å²) in [6.07, 6.45) is 0.921. The first-order chi connectivity index (χ1) is 12.7. The average molecular weight is 353 g/mol. The molecule has 1 heterocycles. The van der Waals surface area contributed by atoms with E-state index in [2.05, 4.69) is 15.0 Å². The highest BCUT2D eigenvalue weighted by atomic mass is 16.5. The standard InChI is InChI=1S/C20H23N3O3/c1-23(13-6-14-25-18-7-4-3-5-8-18)15-19-21-20(22-26-19)16-9-11-17(24-2)12-10-16/h3-5,7-12H,6,13-15H2,1-2H3. The van der Waals surface area contributed by atoms with Gasteiger partial charge in [0.05, 0.1) is 20.3 Å². The number of rotatable bonds is 9. The molecule has 0 amide bonds. The predicted molar refractivity (Wildman–Crippen MR) is 99.2 cm³/mol. The summed E-state index contributed by atoms with van der Waals surface area (Å²) in [5.74, 6) is 2.89. The van der Waals surface area contributed by atoms with E-state index in [4.69, 9.17) is 14.0 Å². The summed E-state index contributed by atoms with van der Waals surface area (Å²) < 4.78 is 16.2. The zero-order chi connectivity index (χ0) is 18.2. The van der Waals surface area contributed by atoms with Crippen molar-refractivity contribution in [3.8, 4) is 22.9 Å². The van der Waals surface area contributed by atoms with E-state index in [9.17, 15) is 0 Å². The smallest absolute Gasteiger partial charge is 0.241 e. The highest BCUT2D eigenvalue weighted by molar-refractivity contribution is 5.55. The van der Waals surface area contributed by atoms with Crippen molar-refractivity contribution >= 4 is 0 Å². The first kappa shape index (κ1) is 17.9. The van der Waals surface area contributed by atoms with Gasteiger partial charge < -0.3 is 14.0 Å². The van der Waals surface area contributed by atoms with Crippen LogP contribution < -0.4 is 9.47 Å². The van der Waals surface area contributed by atoms with E-state index in [1.165, 1.54) is 0 Å². The van der Waals surface area contributed by atoms with Crippen molar-refractivity contribution in [3.63, 3.8) is 0 Å². The molecule has 0 saturated carbocycles. The molecule has 136 valence electrons. The summed E-state index contributed by atoms with van der Waals surface area (Å²) in [4.78, 5) is 6.60. The Labute approximate surface area is 153 Å². The summed E-state index contributed by atoms with van der Waals surface area (Å²) in [6, 6.07) is 17.4. The number of para-hydroxylation sites is 1. The molecule has 0 fully saturated rings. The number of methoxy groups -OCH3 is 1. The second kappa shape index (κ2) is 9.01. The van der Waals surface area contributed by atoms with Crippen LogP contribution >= 0.6 is 0 Å². The van der Waals surface area contributed by atoms with Crippen molar-refractivity contribution < 1.29 is 14.0 Å². The lowest BCUT2D eigenvalue weighted by Gasteiger charge is -2.14. The van der Waals surface area contributed by atoms with Crippen LogP contribution in [0.3, 0.4) is 0 Å². The fraction of sp³-hybridized carbons (Fsp3) is 0.300. The third-order valence-corrected chi connectivity index (χ3v) is 3.92. The van der Waals surface area contributed by atoms with Crippen LogP contribution in [0.1, 0.15) is 12.3 Å². The normalized spacial score (nSPS) is 10.9. The lowest BCUT2D eigenvalue weighted by atomic mass is 10.2. The Hall–Kier alpha value is -2.86. The minimum atomic E-state index is 0.587. The molecule has 6 nitrogen and oxygen atoms in total. The molecule has 0 spiro atoms. The summed E-state index contributed by atoms with van der Waals surface area (Å²) in [6.45, 7) is 2.16. The summed E-state index contributed by atoms with van der Waals surface area (Å²) in [5, 5.41) is 4.05. The number of nitrogens with zero attached hydrogens (tertiary/aromatic N) is 3. The van der Waals surface area contributed by atoms with Gasteiger partial charge in [-0.3, -0.25) is 4.90 Å². The number of benzene rings is 2. The maximum absolute atomic E-state index is 5.70. The van der Waals surface area contributed by atoms with Crippen molar-refractivity contribution in [1.82, 2.24) is 15.0 Å². The topological polar surface area (TPSA) is 60.6 Å². The third-order valence-electron chi connectivity index (χ3n) is 3.92. The molecular formula is C20H23N3O3. The molecule has 1 aromatic heterocycles. The fourth-order valence-electron chi connectivity index (χ4n) is 2.53. The Morgan fingerprint density at radius 3 is 2.50 bits per heavy atom. The molecule has 3 aromatic rings. The third kappa shape index (κ3) is 5.07. The molecule has 0 aliphatic heterocycles. The van der Waals surface area contributed by atoms with Crippen LogP contribution in [0.5, 0.6) is 11.5 Å². The minimum absolute atomic E-state index is 0.587. The Morgan fingerprint density at radius 2 is 1.77 bits per heavy atom. The van der Waals surface area contributed by atoms with Gasteiger partial charge in [-0.15, -0.1) is 0 Å². The molecule has 0 aliphatic carbocycles. The second-order valence-corrected chi connectivity index (χ2v) is 5.99. The van der Waals surface area contributed by atoms with E-state index in [-0.39, 0.29) is 0 Å². The van der Waals surface area contributed by atoms with Crippen LogP contribution in [0.4, 0.5) is 0 Å². The van der Waals surface area contributed by atoms with Crippen LogP contribution in [-0.2, 0) is 6.54 Å². The SMILES string of the molecule is COc1ccc(-c2noc(CN(C)CCCOc3ccccc3)n2)cc1. The van der Waals surface area contributed by atoms with Crippen molar-refractivity contribution in [3.05, 3.63) is 60.5 Å². The van der Waals surface area contributed by atoms with Crippen molar-refractivity contribution in [2.45, 2.75) is 13.0 Å². The molecular weight excluding hydrogens is 330 g/mol. The minimum Gasteiger partial charge on any atom is -0.497 e. The lowest BCUT2D eigenvalue weighted by molar-refractivity contribution is 0.235. The number of ether oxygens (including phenoxy) is 2. The van der Waals surface area contributed by atoms with Crippen LogP contribution in [0.15, 0.2) is 59.1 Å². The largest absolute Gasteiger partial charge is 0.497 e. The Morgan fingerprint density at radius 1 is 1.00 bits per heavy atom. The zero-order valence-electron chi connectivity index (χ0n) is 15.1. The van der Waals surface area contributed by atoms with Gasteiger partial charge in [0, 0.05) is 12.1 Å². The van der Waals surface area contributed by atoms with Gasteiger partial charge in [0.2, 0.25) is 11.7 Å². The van der Waals surface area contributed by atoms with Crippen molar-refractivity contribution in [1.29, 1.82) is 0 Å². The summed E-state index contributed by atoms with van der Waals surface area (Å²) >= 11 is 0. The number of aromatic nitrogens is 2. The predicted octanol–water partition coefficient (Wildman–Crippen LogP) is 3.65. The van der Waals surface area contributed by atoms with Gasteiger partial charge in [0.15, 0.2) is 0 Å². The monoisotopic (exact) mass is 353 g/mol. The lowest BCUT2D eigenvalue weighted by Crippen LogP contribution is -2.21. The summed E-state index contributed by atoms with van der Waals surface area (Å²) in [5.41, 5.74) is 0.903. The van der Waals surface area contributed by atoms with Crippen LogP contribution in [0, 0.1) is 0 Å². The van der Waals surface area contributed by atoms with E-state index < -0.39 is 0 Å². The van der Waals surface area contributed by atoms with Crippen molar-refractivity contribution in [2.24, 2.45) is 0 Å². The van der Waals surface area contributed by atoms with Crippen LogP contribution in [0.25, 0.3) is 11.4 Å². The second-order valence-electron chi connectivity index (χ2n) is 5.99. The first-order valence-corrected chi connectivity index (χ1v) is 8.58. The van der Waals surface area contributed by atoms with Gasteiger partial charge in [-0.05, 0) is 49.9 Å².